The molecule has 0 radical (unpaired) electrons. The fourth-order valence-corrected chi connectivity index (χ4v) is 3.98. The predicted molar refractivity (Wildman–Crippen MR) is 122 cm³/mol. The molecule has 154 valence electrons. The third-order valence-corrected chi connectivity index (χ3v) is 5.54. The van der Waals surface area contributed by atoms with Crippen molar-refractivity contribution in [2.75, 3.05) is 0 Å². The molecule has 0 saturated heterocycles. The Balaban J connectivity index is 2.02. The van der Waals surface area contributed by atoms with Gasteiger partial charge in [-0.25, -0.2) is 4.79 Å². The summed E-state index contributed by atoms with van der Waals surface area (Å²) >= 11 is 3.45. The van der Waals surface area contributed by atoms with Crippen LogP contribution in [0.1, 0.15) is 32.6 Å². The van der Waals surface area contributed by atoms with Gasteiger partial charge in [0, 0.05) is 23.0 Å². The van der Waals surface area contributed by atoms with Crippen LogP contribution in [0.3, 0.4) is 0 Å². The second-order valence-corrected chi connectivity index (χ2v) is 8.34. The minimum absolute atomic E-state index is 0.204. The molecule has 4 nitrogen and oxygen atoms in total. The Kier molecular flexibility index (Phi) is 7.06. The Morgan fingerprint density at radius 3 is 2.27 bits per heavy atom. The predicted octanol–water partition coefficient (Wildman–Crippen LogP) is 5.40. The number of carbonyl (C=O) groups is 2. The van der Waals surface area contributed by atoms with E-state index >= 15 is 0 Å². The van der Waals surface area contributed by atoms with Gasteiger partial charge in [-0.3, -0.25) is 4.79 Å². The molecule has 0 spiro atoms. The summed E-state index contributed by atoms with van der Waals surface area (Å²) in [4.78, 5) is 27.3. The van der Waals surface area contributed by atoms with E-state index in [2.05, 4.69) is 15.9 Å². The molecular weight excluding hydrogens is 442 g/mol. The smallest absolute Gasteiger partial charge is 0.326 e. The number of carbonyl (C=O) groups excluding carboxylic acids is 1. The molecule has 0 heterocycles. The van der Waals surface area contributed by atoms with E-state index in [0.29, 0.717) is 5.56 Å². The van der Waals surface area contributed by atoms with Crippen LogP contribution in [0.2, 0.25) is 0 Å². The minimum Gasteiger partial charge on any atom is -0.480 e. The number of rotatable bonds is 7. The quantitative estimate of drug-likeness (QED) is 0.507. The van der Waals surface area contributed by atoms with Crippen molar-refractivity contribution in [3.8, 4) is 0 Å². The molecule has 1 N–H and O–H groups in total. The number of nitrogens with zero attached hydrogens (tertiary/aromatic N) is 1. The molecule has 0 aromatic heterocycles. The van der Waals surface area contributed by atoms with Gasteiger partial charge in [0.1, 0.15) is 6.04 Å². The highest BCUT2D eigenvalue weighted by molar-refractivity contribution is 9.10. The van der Waals surface area contributed by atoms with Crippen molar-refractivity contribution < 1.29 is 14.7 Å². The molecule has 0 aliphatic rings. The van der Waals surface area contributed by atoms with Crippen LogP contribution in [0.25, 0.3) is 0 Å². The standard InChI is InChI=1S/C25H24BrNO3/c1-17-11-12-22(18(2)13-17)24(28)27(16-20-9-6-10-21(26)14-20)23(25(29)30)15-19-7-4-3-5-8-19/h3-14,23H,15-16H2,1-2H3,(H,29,30). The van der Waals surface area contributed by atoms with Gasteiger partial charge < -0.3 is 10.0 Å². The summed E-state index contributed by atoms with van der Waals surface area (Å²) in [5, 5.41) is 10.0. The molecule has 30 heavy (non-hydrogen) atoms. The van der Waals surface area contributed by atoms with Crippen molar-refractivity contribution >= 4 is 27.8 Å². The summed E-state index contributed by atoms with van der Waals surface area (Å²) in [5.74, 6) is -1.30. The summed E-state index contributed by atoms with van der Waals surface area (Å²) in [6.45, 7) is 4.05. The average Bonchev–Trinajstić information content (AvgIpc) is 2.71. The average molecular weight is 466 g/mol. The maximum Gasteiger partial charge on any atom is 0.326 e. The maximum atomic E-state index is 13.6. The number of hydrogen-bond donors (Lipinski definition) is 1. The summed E-state index contributed by atoms with van der Waals surface area (Å²) in [5.41, 5.74) is 4.15. The topological polar surface area (TPSA) is 57.6 Å². The van der Waals surface area contributed by atoms with Crippen molar-refractivity contribution in [2.24, 2.45) is 0 Å². The van der Waals surface area contributed by atoms with Crippen LogP contribution in [-0.2, 0) is 17.8 Å². The Labute approximate surface area is 185 Å². The molecule has 1 amide bonds. The van der Waals surface area contributed by atoms with Crippen LogP contribution in [0.4, 0.5) is 0 Å². The first kappa shape index (κ1) is 21.8. The van der Waals surface area contributed by atoms with Gasteiger partial charge in [0.05, 0.1) is 0 Å². The van der Waals surface area contributed by atoms with E-state index in [1.807, 2.05) is 80.6 Å². The molecule has 0 aliphatic carbocycles. The Bertz CT molecular complexity index is 1050. The van der Waals surface area contributed by atoms with E-state index < -0.39 is 12.0 Å². The van der Waals surface area contributed by atoms with Crippen molar-refractivity contribution in [1.82, 2.24) is 4.90 Å². The number of aliphatic carboxylic acids is 1. The van der Waals surface area contributed by atoms with Gasteiger partial charge in [-0.2, -0.15) is 0 Å². The molecule has 1 atom stereocenters. The first-order chi connectivity index (χ1) is 14.3. The van der Waals surface area contributed by atoms with Gasteiger partial charge in [0.15, 0.2) is 0 Å². The second-order valence-electron chi connectivity index (χ2n) is 7.43. The SMILES string of the molecule is Cc1ccc(C(=O)N(Cc2cccc(Br)c2)C(Cc2ccccc2)C(=O)O)c(C)c1. The van der Waals surface area contributed by atoms with Gasteiger partial charge >= 0.3 is 5.97 Å². The van der Waals surface area contributed by atoms with E-state index in [0.717, 1.165) is 26.7 Å². The zero-order chi connectivity index (χ0) is 21.7. The zero-order valence-electron chi connectivity index (χ0n) is 17.0. The van der Waals surface area contributed by atoms with Crippen molar-refractivity contribution in [1.29, 1.82) is 0 Å². The van der Waals surface area contributed by atoms with Crippen molar-refractivity contribution in [3.63, 3.8) is 0 Å². The molecule has 0 saturated carbocycles. The lowest BCUT2D eigenvalue weighted by molar-refractivity contribution is -0.142. The third kappa shape index (κ3) is 5.36. The minimum atomic E-state index is -1.02. The van der Waals surface area contributed by atoms with Crippen LogP contribution >= 0.6 is 15.9 Å². The Hall–Kier alpha value is -2.92. The number of halogens is 1. The molecule has 5 heteroatoms. The van der Waals surface area contributed by atoms with E-state index in [9.17, 15) is 14.7 Å². The van der Waals surface area contributed by atoms with E-state index in [1.165, 1.54) is 4.90 Å². The first-order valence-electron chi connectivity index (χ1n) is 9.74. The first-order valence-corrected chi connectivity index (χ1v) is 10.5. The summed E-state index contributed by atoms with van der Waals surface area (Å²) in [6, 6.07) is 21.6. The fourth-order valence-electron chi connectivity index (χ4n) is 3.53. The van der Waals surface area contributed by atoms with Crippen molar-refractivity contribution in [2.45, 2.75) is 32.9 Å². The van der Waals surface area contributed by atoms with Crippen LogP contribution in [0, 0.1) is 13.8 Å². The Morgan fingerprint density at radius 1 is 0.933 bits per heavy atom. The fraction of sp³-hybridized carbons (Fsp3) is 0.200. The highest BCUT2D eigenvalue weighted by Crippen LogP contribution is 2.21. The van der Waals surface area contributed by atoms with Gasteiger partial charge in [-0.05, 0) is 48.7 Å². The number of carboxylic acids is 1. The van der Waals surface area contributed by atoms with Gasteiger partial charge in [-0.1, -0.05) is 76.1 Å². The lowest BCUT2D eigenvalue weighted by atomic mass is 10.00. The number of hydrogen-bond acceptors (Lipinski definition) is 2. The van der Waals surface area contributed by atoms with Crippen LogP contribution in [0.15, 0.2) is 77.3 Å². The highest BCUT2D eigenvalue weighted by atomic mass is 79.9. The molecule has 0 aliphatic heterocycles. The highest BCUT2D eigenvalue weighted by Gasteiger charge is 2.31. The zero-order valence-corrected chi connectivity index (χ0v) is 18.6. The molecule has 0 fully saturated rings. The number of carboxylic acid groups (broad SMARTS) is 1. The van der Waals surface area contributed by atoms with E-state index in [-0.39, 0.29) is 18.9 Å². The van der Waals surface area contributed by atoms with E-state index in [4.69, 9.17) is 0 Å². The number of amides is 1. The molecule has 3 aromatic carbocycles. The van der Waals surface area contributed by atoms with Crippen LogP contribution in [0.5, 0.6) is 0 Å². The van der Waals surface area contributed by atoms with Crippen LogP contribution in [-0.4, -0.2) is 27.9 Å². The van der Waals surface area contributed by atoms with Gasteiger partial charge in [-0.15, -0.1) is 0 Å². The molecule has 3 aromatic rings. The molecule has 1 unspecified atom stereocenters. The second kappa shape index (κ2) is 9.72. The third-order valence-electron chi connectivity index (χ3n) is 5.05. The lowest BCUT2D eigenvalue weighted by Gasteiger charge is -2.30. The largest absolute Gasteiger partial charge is 0.480 e. The molecule has 0 bridgehead atoms. The Morgan fingerprint density at radius 2 is 1.63 bits per heavy atom. The van der Waals surface area contributed by atoms with Crippen molar-refractivity contribution in [3.05, 3.63) is 105 Å². The summed E-state index contributed by atoms with van der Waals surface area (Å²) < 4.78 is 0.883. The number of benzene rings is 3. The van der Waals surface area contributed by atoms with Crippen LogP contribution < -0.4 is 0 Å². The summed E-state index contributed by atoms with van der Waals surface area (Å²) in [6.07, 6.45) is 0.237. The van der Waals surface area contributed by atoms with Gasteiger partial charge in [0.2, 0.25) is 0 Å². The maximum absolute atomic E-state index is 13.6. The number of aryl methyl sites for hydroxylation is 2. The normalized spacial score (nSPS) is 11.7. The van der Waals surface area contributed by atoms with E-state index in [1.54, 1.807) is 6.07 Å². The summed E-state index contributed by atoms with van der Waals surface area (Å²) in [7, 11) is 0. The lowest BCUT2D eigenvalue weighted by Crippen LogP contribution is -2.46. The molecular formula is C25H24BrNO3. The molecule has 3 rings (SSSR count). The van der Waals surface area contributed by atoms with Gasteiger partial charge in [0.25, 0.3) is 5.91 Å². The monoisotopic (exact) mass is 465 g/mol.